The lowest BCUT2D eigenvalue weighted by molar-refractivity contribution is 0.132. The topological polar surface area (TPSA) is 75.3 Å². The first-order chi connectivity index (χ1) is 13.7. The molecule has 2 aromatic rings. The van der Waals surface area contributed by atoms with Gasteiger partial charge in [-0.1, -0.05) is 25.1 Å². The summed E-state index contributed by atoms with van der Waals surface area (Å²) >= 11 is 0. The number of nitrogens with one attached hydrogen (secondary N) is 1. The van der Waals surface area contributed by atoms with E-state index in [0.717, 1.165) is 37.0 Å². The Morgan fingerprint density at radius 3 is 2.59 bits per heavy atom. The van der Waals surface area contributed by atoms with Crippen molar-refractivity contribution in [2.45, 2.75) is 83.4 Å². The van der Waals surface area contributed by atoms with Crippen LogP contribution < -0.4 is 4.74 Å². The molecule has 0 bridgehead atoms. The van der Waals surface area contributed by atoms with Crippen molar-refractivity contribution in [2.24, 2.45) is 0 Å². The molecule has 160 valence electrons. The van der Waals surface area contributed by atoms with Crippen LogP contribution >= 0.6 is 0 Å². The molecule has 0 spiro atoms. The van der Waals surface area contributed by atoms with E-state index in [1.165, 1.54) is 0 Å². The van der Waals surface area contributed by atoms with Crippen molar-refractivity contribution < 1.29 is 13.2 Å². The number of likely N-dealkylation sites (tertiary alicyclic amines) is 1. The van der Waals surface area contributed by atoms with Gasteiger partial charge in [-0.05, 0) is 65.0 Å². The van der Waals surface area contributed by atoms with Crippen LogP contribution in [0.2, 0.25) is 0 Å². The van der Waals surface area contributed by atoms with Crippen molar-refractivity contribution in [3.05, 3.63) is 41.2 Å². The monoisotopic (exact) mass is 419 g/mol. The molecular weight excluding hydrogens is 386 g/mol. The SMILES string of the molecule is CC[C@H](C[C@@H]1CC[C@H](C)N1CS(=O)(=O)c1c(C)n[nH]c1C)Oc1ccccc1C. The zero-order valence-corrected chi connectivity index (χ0v) is 18.9. The van der Waals surface area contributed by atoms with Crippen LogP contribution in [-0.2, 0) is 9.84 Å². The Kier molecular flexibility index (Phi) is 6.69. The standard InChI is InChI=1S/C22H33N3O3S/c1-6-20(28-21-10-8-7-9-15(21)2)13-19-12-11-16(3)25(19)14-29(26,27)22-17(4)23-24-18(22)5/h7-10,16,19-20H,6,11-14H2,1-5H3,(H,23,24)/t16-,19-,20+/m0/s1. The number of hydrogen-bond donors (Lipinski definition) is 1. The number of aromatic nitrogens is 2. The molecule has 3 atom stereocenters. The van der Waals surface area contributed by atoms with E-state index in [1.807, 2.05) is 31.2 Å². The molecule has 1 aliphatic rings. The predicted molar refractivity (Wildman–Crippen MR) is 115 cm³/mol. The first-order valence-electron chi connectivity index (χ1n) is 10.4. The fourth-order valence-corrected chi connectivity index (χ4v) is 6.34. The molecular formula is C22H33N3O3S. The third-order valence-corrected chi connectivity index (χ3v) is 7.88. The number of hydrogen-bond acceptors (Lipinski definition) is 5. The summed E-state index contributed by atoms with van der Waals surface area (Å²) in [6.07, 6.45) is 3.78. The van der Waals surface area contributed by atoms with Crippen molar-refractivity contribution in [3.8, 4) is 5.75 Å². The number of H-pyrrole nitrogens is 1. The fourth-order valence-electron chi connectivity index (χ4n) is 4.34. The molecule has 1 fully saturated rings. The quantitative estimate of drug-likeness (QED) is 0.695. The van der Waals surface area contributed by atoms with Gasteiger partial charge in [0.15, 0.2) is 9.84 Å². The average Bonchev–Trinajstić information content (AvgIpc) is 3.18. The van der Waals surface area contributed by atoms with Crippen LogP contribution in [0.15, 0.2) is 29.2 Å². The van der Waals surface area contributed by atoms with E-state index in [-0.39, 0.29) is 24.1 Å². The molecule has 0 amide bonds. The van der Waals surface area contributed by atoms with Gasteiger partial charge >= 0.3 is 0 Å². The van der Waals surface area contributed by atoms with E-state index in [1.54, 1.807) is 13.8 Å². The molecule has 3 rings (SSSR count). The predicted octanol–water partition coefficient (Wildman–Crippen LogP) is 4.17. The average molecular weight is 420 g/mol. The number of sulfone groups is 1. The number of ether oxygens (including phenoxy) is 1. The normalized spacial score (nSPS) is 21.4. The lowest BCUT2D eigenvalue weighted by Crippen LogP contribution is -2.41. The van der Waals surface area contributed by atoms with Crippen LogP contribution in [0, 0.1) is 20.8 Å². The number of aromatic amines is 1. The maximum absolute atomic E-state index is 13.1. The van der Waals surface area contributed by atoms with Crippen LogP contribution in [0.1, 0.15) is 56.5 Å². The minimum atomic E-state index is -3.44. The number of rotatable bonds is 8. The second-order valence-corrected chi connectivity index (χ2v) is 10.1. The maximum atomic E-state index is 13.1. The Hall–Kier alpha value is -1.86. The molecule has 7 heteroatoms. The lowest BCUT2D eigenvalue weighted by atomic mass is 10.0. The molecule has 2 heterocycles. The zero-order chi connectivity index (χ0) is 21.2. The van der Waals surface area contributed by atoms with Crippen LogP contribution in [0.3, 0.4) is 0 Å². The maximum Gasteiger partial charge on any atom is 0.195 e. The largest absolute Gasteiger partial charge is 0.490 e. The van der Waals surface area contributed by atoms with Gasteiger partial charge in [0.1, 0.15) is 16.5 Å². The highest BCUT2D eigenvalue weighted by atomic mass is 32.2. The summed E-state index contributed by atoms with van der Waals surface area (Å²) in [5, 5.41) is 6.87. The molecule has 1 aliphatic heterocycles. The van der Waals surface area contributed by atoms with Crippen molar-refractivity contribution in [3.63, 3.8) is 0 Å². The van der Waals surface area contributed by atoms with Crippen molar-refractivity contribution in [1.82, 2.24) is 15.1 Å². The molecule has 1 aromatic carbocycles. The van der Waals surface area contributed by atoms with Gasteiger partial charge in [-0.25, -0.2) is 8.42 Å². The van der Waals surface area contributed by atoms with Gasteiger partial charge in [0.2, 0.25) is 0 Å². The summed E-state index contributed by atoms with van der Waals surface area (Å²) < 4.78 is 32.6. The van der Waals surface area contributed by atoms with E-state index in [4.69, 9.17) is 4.74 Å². The molecule has 0 aliphatic carbocycles. The fraction of sp³-hybridized carbons (Fsp3) is 0.591. The summed E-state index contributed by atoms with van der Waals surface area (Å²) in [7, 11) is -3.44. The number of aryl methyl sites for hydroxylation is 3. The first-order valence-corrected chi connectivity index (χ1v) is 12.1. The molecule has 0 radical (unpaired) electrons. The lowest BCUT2D eigenvalue weighted by Gasteiger charge is -2.31. The summed E-state index contributed by atoms with van der Waals surface area (Å²) in [6, 6.07) is 8.48. The molecule has 1 N–H and O–H groups in total. The van der Waals surface area contributed by atoms with E-state index in [2.05, 4.69) is 28.9 Å². The second-order valence-electron chi connectivity index (χ2n) is 8.25. The van der Waals surface area contributed by atoms with Gasteiger partial charge < -0.3 is 4.74 Å². The third-order valence-electron chi connectivity index (χ3n) is 6.02. The van der Waals surface area contributed by atoms with Crippen molar-refractivity contribution in [1.29, 1.82) is 0 Å². The number of para-hydroxylation sites is 1. The summed E-state index contributed by atoms with van der Waals surface area (Å²) in [6.45, 7) is 9.80. The summed E-state index contributed by atoms with van der Waals surface area (Å²) in [5.41, 5.74) is 2.27. The van der Waals surface area contributed by atoms with Gasteiger partial charge in [-0.15, -0.1) is 0 Å². The molecule has 0 saturated carbocycles. The Morgan fingerprint density at radius 2 is 1.97 bits per heavy atom. The molecule has 6 nitrogen and oxygen atoms in total. The van der Waals surface area contributed by atoms with Gasteiger partial charge in [-0.3, -0.25) is 10.00 Å². The Bertz CT molecular complexity index is 919. The molecule has 1 saturated heterocycles. The van der Waals surface area contributed by atoms with E-state index in [9.17, 15) is 8.42 Å². The summed E-state index contributed by atoms with van der Waals surface area (Å²) in [5.74, 6) is 0.940. The minimum absolute atomic E-state index is 0.0286. The Morgan fingerprint density at radius 1 is 1.24 bits per heavy atom. The van der Waals surface area contributed by atoms with Crippen molar-refractivity contribution >= 4 is 9.84 Å². The Balaban J connectivity index is 1.74. The highest BCUT2D eigenvalue weighted by Crippen LogP contribution is 2.31. The molecule has 29 heavy (non-hydrogen) atoms. The van der Waals surface area contributed by atoms with Gasteiger partial charge in [0.05, 0.1) is 17.5 Å². The molecule has 0 unspecified atom stereocenters. The second kappa shape index (κ2) is 8.88. The Labute approximate surface area is 174 Å². The van der Waals surface area contributed by atoms with E-state index in [0.29, 0.717) is 16.3 Å². The minimum Gasteiger partial charge on any atom is -0.490 e. The van der Waals surface area contributed by atoms with Gasteiger partial charge in [0, 0.05) is 12.1 Å². The molecule has 1 aromatic heterocycles. The van der Waals surface area contributed by atoms with Crippen LogP contribution in [-0.4, -0.2) is 47.6 Å². The van der Waals surface area contributed by atoms with Gasteiger partial charge in [0.25, 0.3) is 0 Å². The smallest absolute Gasteiger partial charge is 0.195 e. The summed E-state index contributed by atoms with van der Waals surface area (Å²) in [4.78, 5) is 2.49. The third kappa shape index (κ3) is 4.83. The van der Waals surface area contributed by atoms with E-state index >= 15 is 0 Å². The van der Waals surface area contributed by atoms with Crippen LogP contribution in [0.4, 0.5) is 0 Å². The van der Waals surface area contributed by atoms with Crippen LogP contribution in [0.25, 0.3) is 0 Å². The van der Waals surface area contributed by atoms with Crippen molar-refractivity contribution in [2.75, 3.05) is 5.88 Å². The highest BCUT2D eigenvalue weighted by molar-refractivity contribution is 7.91. The van der Waals surface area contributed by atoms with Gasteiger partial charge in [-0.2, -0.15) is 5.10 Å². The number of nitrogens with zero attached hydrogens (tertiary/aromatic N) is 2. The first kappa shape index (κ1) is 21.8. The van der Waals surface area contributed by atoms with Crippen LogP contribution in [0.5, 0.6) is 5.75 Å². The van der Waals surface area contributed by atoms with E-state index < -0.39 is 9.84 Å². The zero-order valence-electron chi connectivity index (χ0n) is 18.1. The number of benzene rings is 1. The highest BCUT2D eigenvalue weighted by Gasteiger charge is 2.36.